The van der Waals surface area contributed by atoms with E-state index in [9.17, 15) is 13.5 Å². The number of piperidine rings is 1. The van der Waals surface area contributed by atoms with Crippen LogP contribution in [0.5, 0.6) is 0 Å². The number of rotatable bonds is 4. The normalized spacial score (nSPS) is 23.4. The zero-order valence-electron chi connectivity index (χ0n) is 11.4. The minimum Gasteiger partial charge on any atom is -0.392 e. The van der Waals surface area contributed by atoms with Crippen molar-refractivity contribution in [2.24, 2.45) is 0 Å². The molecule has 0 radical (unpaired) electrons. The molecule has 1 saturated heterocycles. The highest BCUT2D eigenvalue weighted by atomic mass is 32.2. The summed E-state index contributed by atoms with van der Waals surface area (Å²) in [6.45, 7) is 4.20. The van der Waals surface area contributed by atoms with E-state index in [1.807, 2.05) is 13.0 Å². The number of hydrogen-bond donors (Lipinski definition) is 1. The lowest BCUT2D eigenvalue weighted by Gasteiger charge is -2.35. The van der Waals surface area contributed by atoms with Crippen LogP contribution in [0.1, 0.15) is 38.0 Å². The van der Waals surface area contributed by atoms with Crippen molar-refractivity contribution < 1.29 is 13.5 Å². The second kappa shape index (κ2) is 5.91. The first kappa shape index (κ1) is 15.0. The van der Waals surface area contributed by atoms with Gasteiger partial charge in [-0.05, 0) is 38.3 Å². The van der Waals surface area contributed by atoms with Gasteiger partial charge in [0.15, 0.2) is 0 Å². The van der Waals surface area contributed by atoms with Crippen molar-refractivity contribution >= 4 is 21.4 Å². The van der Waals surface area contributed by atoms with Crippen LogP contribution in [0, 0.1) is 0 Å². The highest BCUT2D eigenvalue weighted by Gasteiger charge is 2.36. The Balaban J connectivity index is 2.31. The summed E-state index contributed by atoms with van der Waals surface area (Å²) in [4.78, 5) is 1.07. The van der Waals surface area contributed by atoms with Crippen molar-refractivity contribution in [1.82, 2.24) is 4.31 Å². The maximum absolute atomic E-state index is 12.7. The fraction of sp³-hybridized carbons (Fsp3) is 0.692. The average Bonchev–Trinajstić information content (AvgIpc) is 2.88. The number of thiophene rings is 1. The second-order valence-corrected chi connectivity index (χ2v) is 8.28. The molecule has 19 heavy (non-hydrogen) atoms. The summed E-state index contributed by atoms with van der Waals surface area (Å²) in [7, 11) is -3.45. The highest BCUT2D eigenvalue weighted by Crippen LogP contribution is 2.30. The quantitative estimate of drug-likeness (QED) is 0.928. The van der Waals surface area contributed by atoms with E-state index in [1.165, 1.54) is 15.6 Å². The maximum atomic E-state index is 12.7. The highest BCUT2D eigenvalue weighted by molar-refractivity contribution is 7.91. The number of nitrogens with zero attached hydrogens (tertiary/aromatic N) is 1. The van der Waals surface area contributed by atoms with Crippen LogP contribution in [0.25, 0.3) is 0 Å². The Bertz CT molecular complexity index is 522. The molecular formula is C13H21NO3S2. The first-order valence-electron chi connectivity index (χ1n) is 6.75. The van der Waals surface area contributed by atoms with E-state index in [2.05, 4.69) is 0 Å². The molecule has 0 unspecified atom stereocenters. The number of aliphatic hydroxyl groups excluding tert-OH is 1. The van der Waals surface area contributed by atoms with Crippen molar-refractivity contribution in [2.45, 2.75) is 55.9 Å². The Morgan fingerprint density at radius 3 is 2.79 bits per heavy atom. The summed E-state index contributed by atoms with van der Waals surface area (Å²) in [5.41, 5.74) is 0. The Hall–Kier alpha value is -0.430. The molecule has 1 fully saturated rings. The summed E-state index contributed by atoms with van der Waals surface area (Å²) < 4.78 is 27.2. The van der Waals surface area contributed by atoms with Gasteiger partial charge in [0, 0.05) is 11.4 Å². The third kappa shape index (κ3) is 3.02. The van der Waals surface area contributed by atoms with Gasteiger partial charge in [0.25, 0.3) is 10.0 Å². The monoisotopic (exact) mass is 303 g/mol. The molecule has 0 bridgehead atoms. The van der Waals surface area contributed by atoms with Crippen LogP contribution in [-0.4, -0.2) is 36.5 Å². The molecule has 108 valence electrons. The molecule has 0 aliphatic carbocycles. The molecule has 0 saturated carbocycles. The van der Waals surface area contributed by atoms with Gasteiger partial charge in [-0.25, -0.2) is 8.42 Å². The standard InChI is InChI=1S/C13H21NO3S2/c1-3-11-7-8-13(18-11)19(16,17)14-9-5-4-6-12(14)10(2)15/h7-8,10,12,15H,3-6,9H2,1-2H3/t10-,12-/m1/s1. The van der Waals surface area contributed by atoms with E-state index < -0.39 is 16.1 Å². The molecule has 4 nitrogen and oxygen atoms in total. The minimum atomic E-state index is -3.45. The van der Waals surface area contributed by atoms with E-state index in [4.69, 9.17) is 0 Å². The third-order valence-corrected chi connectivity index (χ3v) is 7.23. The van der Waals surface area contributed by atoms with Gasteiger partial charge in [-0.2, -0.15) is 4.31 Å². The molecule has 1 N–H and O–H groups in total. The van der Waals surface area contributed by atoms with Crippen molar-refractivity contribution in [2.75, 3.05) is 6.54 Å². The Labute approximate surface area is 119 Å². The summed E-state index contributed by atoms with van der Waals surface area (Å²) in [6.07, 6.45) is 2.81. The molecule has 1 aromatic heterocycles. The summed E-state index contributed by atoms with van der Waals surface area (Å²) >= 11 is 1.34. The van der Waals surface area contributed by atoms with Crippen molar-refractivity contribution in [3.05, 3.63) is 17.0 Å². The lowest BCUT2D eigenvalue weighted by molar-refractivity contribution is 0.0832. The van der Waals surface area contributed by atoms with Gasteiger partial charge >= 0.3 is 0 Å². The molecule has 1 aliphatic rings. The molecule has 1 aliphatic heterocycles. The largest absolute Gasteiger partial charge is 0.392 e. The first-order valence-corrected chi connectivity index (χ1v) is 9.01. The molecule has 0 spiro atoms. The molecule has 0 amide bonds. The fourth-order valence-electron chi connectivity index (χ4n) is 2.51. The van der Waals surface area contributed by atoms with E-state index in [-0.39, 0.29) is 6.04 Å². The van der Waals surface area contributed by atoms with E-state index in [0.717, 1.165) is 30.6 Å². The van der Waals surface area contributed by atoms with Gasteiger partial charge in [0.1, 0.15) is 4.21 Å². The molecule has 0 aromatic carbocycles. The topological polar surface area (TPSA) is 57.6 Å². The third-order valence-electron chi connectivity index (χ3n) is 3.60. The minimum absolute atomic E-state index is 0.286. The summed E-state index contributed by atoms with van der Waals surface area (Å²) in [5, 5.41) is 9.81. The first-order chi connectivity index (χ1) is 8.96. The van der Waals surface area contributed by atoms with Crippen molar-refractivity contribution in [3.63, 3.8) is 0 Å². The van der Waals surface area contributed by atoms with Gasteiger partial charge in [-0.1, -0.05) is 13.3 Å². The van der Waals surface area contributed by atoms with Crippen LogP contribution in [-0.2, 0) is 16.4 Å². The number of aryl methyl sites for hydroxylation is 1. The van der Waals surface area contributed by atoms with Crippen LogP contribution in [0.15, 0.2) is 16.3 Å². The van der Waals surface area contributed by atoms with Gasteiger partial charge in [-0.3, -0.25) is 0 Å². The molecule has 1 aromatic rings. The van der Waals surface area contributed by atoms with Crippen LogP contribution < -0.4 is 0 Å². The molecule has 2 atom stereocenters. The Kier molecular flexibility index (Phi) is 4.66. The lowest BCUT2D eigenvalue weighted by Crippen LogP contribution is -2.48. The predicted molar refractivity (Wildman–Crippen MR) is 76.9 cm³/mol. The zero-order valence-corrected chi connectivity index (χ0v) is 13.0. The van der Waals surface area contributed by atoms with Crippen LogP contribution in [0.4, 0.5) is 0 Å². The van der Waals surface area contributed by atoms with Crippen LogP contribution in [0.2, 0.25) is 0 Å². The van der Waals surface area contributed by atoms with Crippen molar-refractivity contribution in [1.29, 1.82) is 0 Å². The van der Waals surface area contributed by atoms with E-state index in [1.54, 1.807) is 13.0 Å². The fourth-order valence-corrected chi connectivity index (χ4v) is 5.70. The smallest absolute Gasteiger partial charge is 0.252 e. The van der Waals surface area contributed by atoms with Crippen LogP contribution in [0.3, 0.4) is 0 Å². The average molecular weight is 303 g/mol. The number of sulfonamides is 1. The molecule has 6 heteroatoms. The predicted octanol–water partition coefficient (Wildman–Crippen LogP) is 2.23. The Morgan fingerprint density at radius 1 is 1.47 bits per heavy atom. The second-order valence-electron chi connectivity index (χ2n) is 4.99. The lowest BCUT2D eigenvalue weighted by atomic mass is 10.0. The van der Waals surface area contributed by atoms with Gasteiger partial charge < -0.3 is 5.11 Å². The van der Waals surface area contributed by atoms with E-state index in [0.29, 0.717) is 10.8 Å². The van der Waals surface area contributed by atoms with Gasteiger partial charge in [0.05, 0.1) is 12.1 Å². The van der Waals surface area contributed by atoms with Crippen molar-refractivity contribution in [3.8, 4) is 0 Å². The SMILES string of the molecule is CCc1ccc(S(=O)(=O)N2CCCC[C@@H]2[C@@H](C)O)s1. The molecular weight excluding hydrogens is 282 g/mol. The van der Waals surface area contributed by atoms with E-state index >= 15 is 0 Å². The number of aliphatic hydroxyl groups is 1. The summed E-state index contributed by atoms with van der Waals surface area (Å²) in [5.74, 6) is 0. The summed E-state index contributed by atoms with van der Waals surface area (Å²) in [6, 6.07) is 3.27. The van der Waals surface area contributed by atoms with Gasteiger partial charge in [0.2, 0.25) is 0 Å². The number of hydrogen-bond acceptors (Lipinski definition) is 4. The maximum Gasteiger partial charge on any atom is 0.252 e. The van der Waals surface area contributed by atoms with Gasteiger partial charge in [-0.15, -0.1) is 11.3 Å². The van der Waals surface area contributed by atoms with Crippen LogP contribution >= 0.6 is 11.3 Å². The molecule has 2 heterocycles. The zero-order chi connectivity index (χ0) is 14.0. The molecule has 2 rings (SSSR count). The Morgan fingerprint density at radius 2 is 2.21 bits per heavy atom.